The summed E-state index contributed by atoms with van der Waals surface area (Å²) in [5.74, 6) is 0.108. The van der Waals surface area contributed by atoms with Crippen molar-refractivity contribution in [2.24, 2.45) is 5.73 Å². The monoisotopic (exact) mass is 266 g/mol. The molecule has 2 rings (SSSR count). The van der Waals surface area contributed by atoms with Crippen molar-refractivity contribution in [3.8, 4) is 5.75 Å². The molecule has 1 fully saturated rings. The van der Waals surface area contributed by atoms with Gasteiger partial charge in [-0.05, 0) is 37.5 Å². The van der Waals surface area contributed by atoms with Crippen LogP contribution in [0, 0.1) is 5.82 Å². The van der Waals surface area contributed by atoms with Gasteiger partial charge in [-0.15, -0.1) is 0 Å². The van der Waals surface area contributed by atoms with Crippen LogP contribution in [0.2, 0.25) is 0 Å². The summed E-state index contributed by atoms with van der Waals surface area (Å²) < 4.78 is 18.5. The van der Waals surface area contributed by atoms with E-state index < -0.39 is 0 Å². The zero-order valence-electron chi connectivity index (χ0n) is 10.9. The second-order valence-electron chi connectivity index (χ2n) is 4.69. The van der Waals surface area contributed by atoms with Gasteiger partial charge in [0.15, 0.2) is 6.61 Å². The van der Waals surface area contributed by atoms with Crippen LogP contribution in [-0.2, 0) is 11.3 Å². The van der Waals surface area contributed by atoms with Gasteiger partial charge in [0.1, 0.15) is 11.6 Å². The van der Waals surface area contributed by atoms with Gasteiger partial charge in [0.2, 0.25) is 0 Å². The molecule has 1 aromatic carbocycles. The van der Waals surface area contributed by atoms with E-state index in [1.807, 2.05) is 4.90 Å². The van der Waals surface area contributed by atoms with E-state index in [1.54, 1.807) is 0 Å². The number of hydrogen-bond acceptors (Lipinski definition) is 3. The number of halogens is 1. The average Bonchev–Trinajstić information content (AvgIpc) is 2.46. The summed E-state index contributed by atoms with van der Waals surface area (Å²) in [5, 5.41) is 0. The van der Waals surface area contributed by atoms with Gasteiger partial charge in [-0.2, -0.15) is 0 Å². The Hall–Kier alpha value is -1.62. The fourth-order valence-corrected chi connectivity index (χ4v) is 2.22. The fraction of sp³-hybridized carbons (Fsp3) is 0.500. The molecule has 1 amide bonds. The third-order valence-electron chi connectivity index (χ3n) is 3.30. The number of ether oxygens (including phenoxy) is 1. The second-order valence-corrected chi connectivity index (χ2v) is 4.69. The number of piperidine rings is 1. The molecule has 1 saturated heterocycles. The van der Waals surface area contributed by atoms with Crippen molar-refractivity contribution in [1.29, 1.82) is 0 Å². The lowest BCUT2D eigenvalue weighted by molar-refractivity contribution is -0.134. The van der Waals surface area contributed by atoms with Gasteiger partial charge in [0, 0.05) is 25.2 Å². The summed E-state index contributed by atoms with van der Waals surface area (Å²) in [6.45, 7) is 1.77. The maximum absolute atomic E-state index is 13.0. The van der Waals surface area contributed by atoms with Gasteiger partial charge in [0.25, 0.3) is 5.91 Å². The number of nitrogens with zero attached hydrogens (tertiary/aromatic N) is 1. The van der Waals surface area contributed by atoms with E-state index in [-0.39, 0.29) is 24.9 Å². The summed E-state index contributed by atoms with van der Waals surface area (Å²) in [4.78, 5) is 13.7. The highest BCUT2D eigenvalue weighted by molar-refractivity contribution is 5.77. The molecule has 0 unspecified atom stereocenters. The van der Waals surface area contributed by atoms with Crippen LogP contribution in [0.5, 0.6) is 5.75 Å². The fourth-order valence-electron chi connectivity index (χ4n) is 2.22. The molecule has 2 N–H and O–H groups in total. The predicted molar refractivity (Wildman–Crippen MR) is 70.2 cm³/mol. The van der Waals surface area contributed by atoms with Crippen molar-refractivity contribution in [3.05, 3.63) is 29.6 Å². The molecule has 0 aliphatic carbocycles. The molecule has 5 heteroatoms. The largest absolute Gasteiger partial charge is 0.483 e. The highest BCUT2D eigenvalue weighted by atomic mass is 19.1. The zero-order chi connectivity index (χ0) is 13.7. The standard InChI is InChI=1S/C14H19FN2O2/c15-12-4-5-13(11(8-12)9-16)19-10-14(18)17-6-2-1-3-7-17/h4-5,8H,1-3,6-7,9-10,16H2. The third-order valence-corrected chi connectivity index (χ3v) is 3.30. The van der Waals surface area contributed by atoms with Gasteiger partial charge in [-0.1, -0.05) is 0 Å². The van der Waals surface area contributed by atoms with Gasteiger partial charge < -0.3 is 15.4 Å². The topological polar surface area (TPSA) is 55.6 Å². The first-order valence-corrected chi connectivity index (χ1v) is 6.60. The Morgan fingerprint density at radius 1 is 1.32 bits per heavy atom. The van der Waals surface area contributed by atoms with Crippen LogP contribution in [0.4, 0.5) is 4.39 Å². The Morgan fingerprint density at radius 2 is 2.05 bits per heavy atom. The van der Waals surface area contributed by atoms with Crippen molar-refractivity contribution in [3.63, 3.8) is 0 Å². The van der Waals surface area contributed by atoms with Gasteiger partial charge in [-0.25, -0.2) is 4.39 Å². The van der Waals surface area contributed by atoms with E-state index in [4.69, 9.17) is 10.5 Å². The summed E-state index contributed by atoms with van der Waals surface area (Å²) in [6, 6.07) is 4.15. The molecular weight excluding hydrogens is 247 g/mol. The van der Waals surface area contributed by atoms with E-state index in [0.717, 1.165) is 25.9 Å². The van der Waals surface area contributed by atoms with E-state index >= 15 is 0 Å². The number of carbonyl (C=O) groups excluding carboxylic acids is 1. The Balaban J connectivity index is 1.92. The number of benzene rings is 1. The number of amides is 1. The minimum atomic E-state index is -0.352. The van der Waals surface area contributed by atoms with Crippen molar-refractivity contribution in [1.82, 2.24) is 4.90 Å². The average molecular weight is 266 g/mol. The number of carbonyl (C=O) groups is 1. The molecular formula is C14H19FN2O2. The quantitative estimate of drug-likeness (QED) is 0.902. The molecule has 4 nitrogen and oxygen atoms in total. The molecule has 0 saturated carbocycles. The Labute approximate surface area is 112 Å². The number of rotatable bonds is 4. The Morgan fingerprint density at radius 3 is 2.74 bits per heavy atom. The van der Waals surface area contributed by atoms with Crippen molar-refractivity contribution in [2.45, 2.75) is 25.8 Å². The maximum atomic E-state index is 13.0. The van der Waals surface area contributed by atoms with Gasteiger partial charge in [-0.3, -0.25) is 4.79 Å². The second kappa shape index (κ2) is 6.52. The molecule has 0 atom stereocenters. The highest BCUT2D eigenvalue weighted by Crippen LogP contribution is 2.19. The van der Waals surface area contributed by atoms with Crippen LogP contribution >= 0.6 is 0 Å². The normalized spacial score (nSPS) is 15.4. The molecule has 1 aliphatic rings. The first-order chi connectivity index (χ1) is 9.20. The number of nitrogens with two attached hydrogens (primary N) is 1. The van der Waals surface area contributed by atoms with E-state index in [0.29, 0.717) is 11.3 Å². The summed E-state index contributed by atoms with van der Waals surface area (Å²) in [5.41, 5.74) is 6.10. The highest BCUT2D eigenvalue weighted by Gasteiger charge is 2.17. The Bertz CT molecular complexity index is 445. The number of likely N-dealkylation sites (tertiary alicyclic amines) is 1. The minimum Gasteiger partial charge on any atom is -0.483 e. The van der Waals surface area contributed by atoms with Crippen LogP contribution in [0.1, 0.15) is 24.8 Å². The lowest BCUT2D eigenvalue weighted by atomic mass is 10.1. The molecule has 0 spiro atoms. The van der Waals surface area contributed by atoms with Crippen LogP contribution in [-0.4, -0.2) is 30.5 Å². The van der Waals surface area contributed by atoms with Crippen LogP contribution < -0.4 is 10.5 Å². The molecule has 104 valence electrons. The molecule has 1 aliphatic heterocycles. The predicted octanol–water partition coefficient (Wildman–Crippen LogP) is 1.68. The first-order valence-electron chi connectivity index (χ1n) is 6.60. The molecule has 0 aromatic heterocycles. The molecule has 1 heterocycles. The molecule has 0 bridgehead atoms. The first kappa shape index (κ1) is 13.8. The van der Waals surface area contributed by atoms with E-state index in [9.17, 15) is 9.18 Å². The smallest absolute Gasteiger partial charge is 0.260 e. The maximum Gasteiger partial charge on any atom is 0.260 e. The Kier molecular flexibility index (Phi) is 4.74. The van der Waals surface area contributed by atoms with Gasteiger partial charge in [0.05, 0.1) is 0 Å². The van der Waals surface area contributed by atoms with E-state index in [2.05, 4.69) is 0 Å². The van der Waals surface area contributed by atoms with Gasteiger partial charge >= 0.3 is 0 Å². The van der Waals surface area contributed by atoms with Crippen LogP contribution in [0.15, 0.2) is 18.2 Å². The van der Waals surface area contributed by atoms with Crippen molar-refractivity contribution in [2.75, 3.05) is 19.7 Å². The molecule has 0 radical (unpaired) electrons. The third kappa shape index (κ3) is 3.67. The van der Waals surface area contributed by atoms with Crippen molar-refractivity contribution < 1.29 is 13.9 Å². The summed E-state index contributed by atoms with van der Waals surface area (Å²) >= 11 is 0. The number of hydrogen-bond donors (Lipinski definition) is 1. The zero-order valence-corrected chi connectivity index (χ0v) is 10.9. The van der Waals surface area contributed by atoms with Crippen LogP contribution in [0.3, 0.4) is 0 Å². The molecule has 19 heavy (non-hydrogen) atoms. The summed E-state index contributed by atoms with van der Waals surface area (Å²) in [6.07, 6.45) is 3.28. The lowest BCUT2D eigenvalue weighted by Crippen LogP contribution is -2.38. The minimum absolute atomic E-state index is 0.0152. The SMILES string of the molecule is NCc1cc(F)ccc1OCC(=O)N1CCCCC1. The van der Waals surface area contributed by atoms with E-state index in [1.165, 1.54) is 24.6 Å². The lowest BCUT2D eigenvalue weighted by Gasteiger charge is -2.26. The van der Waals surface area contributed by atoms with Crippen molar-refractivity contribution >= 4 is 5.91 Å². The van der Waals surface area contributed by atoms with Crippen LogP contribution in [0.25, 0.3) is 0 Å². The summed E-state index contributed by atoms with van der Waals surface area (Å²) in [7, 11) is 0. The molecule has 1 aromatic rings.